The summed E-state index contributed by atoms with van der Waals surface area (Å²) in [6, 6.07) is 0. The number of esters is 2. The standard InChI is InChI=1S/C11H12O8/c1-2-11(18-9(16)5-3-7(12)13)19-10(17)6-4-8(14)15/h3-6,11H,2H2,1H3,(H,12,13)(H,14,15). The summed E-state index contributed by atoms with van der Waals surface area (Å²) in [5.41, 5.74) is 0. The van der Waals surface area contributed by atoms with Crippen LogP contribution in [0, 0.1) is 0 Å². The van der Waals surface area contributed by atoms with Gasteiger partial charge in [-0.3, -0.25) is 0 Å². The van der Waals surface area contributed by atoms with Gasteiger partial charge in [0.05, 0.1) is 0 Å². The first-order chi connectivity index (χ1) is 8.85. The molecule has 0 aliphatic carbocycles. The Balaban J connectivity index is 4.36. The summed E-state index contributed by atoms with van der Waals surface area (Å²) in [7, 11) is 0. The number of carboxylic acids is 2. The molecule has 0 saturated carbocycles. The minimum absolute atomic E-state index is 0.124. The molecular weight excluding hydrogens is 260 g/mol. The number of carboxylic acid groups (broad SMARTS) is 2. The van der Waals surface area contributed by atoms with Gasteiger partial charge in [0.15, 0.2) is 0 Å². The molecule has 0 saturated heterocycles. The van der Waals surface area contributed by atoms with Crippen molar-refractivity contribution in [3.63, 3.8) is 0 Å². The van der Waals surface area contributed by atoms with Crippen molar-refractivity contribution in [3.05, 3.63) is 24.3 Å². The van der Waals surface area contributed by atoms with E-state index in [-0.39, 0.29) is 6.42 Å². The fraction of sp³-hybridized carbons (Fsp3) is 0.273. The first-order valence-corrected chi connectivity index (χ1v) is 5.08. The van der Waals surface area contributed by atoms with Crippen LogP contribution in [0.2, 0.25) is 0 Å². The largest absolute Gasteiger partial charge is 0.478 e. The lowest BCUT2D eigenvalue weighted by atomic mass is 10.4. The quantitative estimate of drug-likeness (QED) is 0.379. The Labute approximate surface area is 107 Å². The van der Waals surface area contributed by atoms with E-state index in [0.29, 0.717) is 24.3 Å². The van der Waals surface area contributed by atoms with Crippen molar-refractivity contribution in [3.8, 4) is 0 Å². The Morgan fingerprint density at radius 2 is 1.26 bits per heavy atom. The van der Waals surface area contributed by atoms with Gasteiger partial charge in [-0.05, 0) is 0 Å². The van der Waals surface area contributed by atoms with Crippen molar-refractivity contribution in [1.82, 2.24) is 0 Å². The normalized spacial score (nSPS) is 12.3. The van der Waals surface area contributed by atoms with Gasteiger partial charge < -0.3 is 19.7 Å². The third-order valence-corrected chi connectivity index (χ3v) is 1.55. The van der Waals surface area contributed by atoms with Gasteiger partial charge in [-0.1, -0.05) is 6.92 Å². The van der Waals surface area contributed by atoms with Crippen LogP contribution in [-0.4, -0.2) is 40.4 Å². The molecule has 0 aliphatic rings. The summed E-state index contributed by atoms with van der Waals surface area (Å²) >= 11 is 0. The molecule has 0 rings (SSSR count). The summed E-state index contributed by atoms with van der Waals surface area (Å²) in [5.74, 6) is -4.65. The zero-order chi connectivity index (χ0) is 14.8. The highest BCUT2D eigenvalue weighted by Crippen LogP contribution is 2.02. The fourth-order valence-corrected chi connectivity index (χ4v) is 0.807. The first-order valence-electron chi connectivity index (χ1n) is 5.08. The van der Waals surface area contributed by atoms with Gasteiger partial charge >= 0.3 is 23.9 Å². The van der Waals surface area contributed by atoms with Gasteiger partial charge in [-0.2, -0.15) is 0 Å². The second kappa shape index (κ2) is 8.45. The van der Waals surface area contributed by atoms with E-state index < -0.39 is 30.2 Å². The molecule has 0 heterocycles. The maximum Gasteiger partial charge on any atom is 0.334 e. The molecule has 0 radical (unpaired) electrons. The predicted octanol–water partition coefficient (Wildman–Crippen LogP) is 0.0905. The van der Waals surface area contributed by atoms with Crippen LogP contribution in [0.1, 0.15) is 13.3 Å². The van der Waals surface area contributed by atoms with Crippen molar-refractivity contribution in [2.24, 2.45) is 0 Å². The molecule has 0 amide bonds. The Hall–Kier alpha value is -2.64. The minimum Gasteiger partial charge on any atom is -0.478 e. The van der Waals surface area contributed by atoms with E-state index in [9.17, 15) is 19.2 Å². The summed E-state index contributed by atoms with van der Waals surface area (Å²) in [6.45, 7) is 1.55. The number of ether oxygens (including phenoxy) is 2. The van der Waals surface area contributed by atoms with Crippen LogP contribution in [0.25, 0.3) is 0 Å². The van der Waals surface area contributed by atoms with Gasteiger partial charge in [0.1, 0.15) is 0 Å². The Kier molecular flexibility index (Phi) is 7.28. The van der Waals surface area contributed by atoms with E-state index >= 15 is 0 Å². The van der Waals surface area contributed by atoms with E-state index in [4.69, 9.17) is 10.2 Å². The molecule has 0 aromatic rings. The molecule has 0 aromatic carbocycles. The summed E-state index contributed by atoms with van der Waals surface area (Å²) in [4.78, 5) is 42.5. The maximum atomic E-state index is 11.1. The molecule has 19 heavy (non-hydrogen) atoms. The third kappa shape index (κ3) is 9.10. The Bertz CT molecular complexity index is 382. The van der Waals surface area contributed by atoms with Crippen LogP contribution in [-0.2, 0) is 28.7 Å². The number of carbonyl (C=O) groups is 4. The molecule has 0 unspecified atom stereocenters. The van der Waals surface area contributed by atoms with Crippen LogP contribution < -0.4 is 0 Å². The fourth-order valence-electron chi connectivity index (χ4n) is 0.807. The van der Waals surface area contributed by atoms with Crippen molar-refractivity contribution >= 4 is 23.9 Å². The number of carbonyl (C=O) groups excluding carboxylic acids is 2. The molecule has 0 aromatic heterocycles. The molecular formula is C11H12O8. The van der Waals surface area contributed by atoms with Gasteiger partial charge in [0.25, 0.3) is 0 Å². The summed E-state index contributed by atoms with van der Waals surface area (Å²) in [6.07, 6.45) is 1.36. The van der Waals surface area contributed by atoms with E-state index in [1.807, 2.05) is 0 Å². The molecule has 0 fully saturated rings. The lowest BCUT2D eigenvalue weighted by Crippen LogP contribution is -2.22. The Morgan fingerprint density at radius 3 is 1.53 bits per heavy atom. The minimum atomic E-state index is -1.33. The van der Waals surface area contributed by atoms with Gasteiger partial charge in [0, 0.05) is 30.7 Å². The summed E-state index contributed by atoms with van der Waals surface area (Å²) < 4.78 is 9.23. The Morgan fingerprint density at radius 1 is 0.895 bits per heavy atom. The molecule has 2 N–H and O–H groups in total. The zero-order valence-corrected chi connectivity index (χ0v) is 9.94. The van der Waals surface area contributed by atoms with Gasteiger partial charge in [-0.25, -0.2) is 19.2 Å². The van der Waals surface area contributed by atoms with Crippen LogP contribution in [0.4, 0.5) is 0 Å². The van der Waals surface area contributed by atoms with Gasteiger partial charge in [-0.15, -0.1) is 0 Å². The third-order valence-electron chi connectivity index (χ3n) is 1.55. The second-order valence-electron chi connectivity index (χ2n) is 3.05. The van der Waals surface area contributed by atoms with Crippen LogP contribution in [0.5, 0.6) is 0 Å². The highest BCUT2D eigenvalue weighted by Gasteiger charge is 2.14. The first kappa shape index (κ1) is 16.4. The van der Waals surface area contributed by atoms with E-state index in [1.165, 1.54) is 0 Å². The maximum absolute atomic E-state index is 11.1. The van der Waals surface area contributed by atoms with Crippen LogP contribution in [0.15, 0.2) is 24.3 Å². The lowest BCUT2D eigenvalue weighted by Gasteiger charge is -2.14. The molecule has 0 aliphatic heterocycles. The second-order valence-corrected chi connectivity index (χ2v) is 3.05. The summed E-state index contributed by atoms with van der Waals surface area (Å²) in [5, 5.41) is 16.6. The van der Waals surface area contributed by atoms with Crippen LogP contribution in [0.3, 0.4) is 0 Å². The van der Waals surface area contributed by atoms with E-state index in [2.05, 4.69) is 9.47 Å². The average molecular weight is 272 g/mol. The highest BCUT2D eigenvalue weighted by molar-refractivity contribution is 5.91. The van der Waals surface area contributed by atoms with Crippen LogP contribution >= 0.6 is 0 Å². The number of hydrogen-bond donors (Lipinski definition) is 2. The SMILES string of the molecule is CCC(OC(=O)C=CC(=O)O)OC(=O)C=CC(=O)O. The average Bonchev–Trinajstić information content (AvgIpc) is 2.33. The zero-order valence-electron chi connectivity index (χ0n) is 9.94. The molecule has 0 spiro atoms. The number of aliphatic carboxylic acids is 2. The van der Waals surface area contributed by atoms with E-state index in [0.717, 1.165) is 0 Å². The number of rotatable bonds is 7. The van der Waals surface area contributed by atoms with E-state index in [1.54, 1.807) is 6.92 Å². The topological polar surface area (TPSA) is 127 Å². The smallest absolute Gasteiger partial charge is 0.334 e. The molecule has 8 nitrogen and oxygen atoms in total. The number of hydrogen-bond acceptors (Lipinski definition) is 6. The monoisotopic (exact) mass is 272 g/mol. The molecule has 104 valence electrons. The predicted molar refractivity (Wildman–Crippen MR) is 59.8 cm³/mol. The lowest BCUT2D eigenvalue weighted by molar-refractivity contribution is -0.181. The highest BCUT2D eigenvalue weighted by atomic mass is 16.7. The van der Waals surface area contributed by atoms with Crippen molar-refractivity contribution in [2.45, 2.75) is 19.6 Å². The van der Waals surface area contributed by atoms with Crippen molar-refractivity contribution in [1.29, 1.82) is 0 Å². The van der Waals surface area contributed by atoms with Crippen molar-refractivity contribution < 1.29 is 38.9 Å². The van der Waals surface area contributed by atoms with Crippen molar-refractivity contribution in [2.75, 3.05) is 0 Å². The molecule has 0 atom stereocenters. The van der Waals surface area contributed by atoms with Gasteiger partial charge in [0.2, 0.25) is 6.29 Å². The molecule has 0 bridgehead atoms. The molecule has 8 heteroatoms.